The maximum absolute atomic E-state index is 13.7. The summed E-state index contributed by atoms with van der Waals surface area (Å²) in [5.74, 6) is -6.67. The van der Waals surface area contributed by atoms with Gasteiger partial charge in [0.2, 0.25) is 5.91 Å². The summed E-state index contributed by atoms with van der Waals surface area (Å²) in [5.41, 5.74) is 0.318. The van der Waals surface area contributed by atoms with Crippen molar-refractivity contribution >= 4 is 17.7 Å². The van der Waals surface area contributed by atoms with Gasteiger partial charge in [0.1, 0.15) is 5.82 Å². The molecule has 0 saturated carbocycles. The topological polar surface area (TPSA) is 64.7 Å². The first-order chi connectivity index (χ1) is 12.8. The van der Waals surface area contributed by atoms with Crippen LogP contribution in [-0.2, 0) is 18.4 Å². The van der Waals surface area contributed by atoms with Crippen LogP contribution in [0.4, 0.5) is 23.2 Å². The standard InChI is InChI=1S/C17H13F4N5O/c1-25-7-10(5-22-25)2-3-15(27)24-11-6-23-26(8-11)9-12-13(18)4-14(19)17(21)16(12)20/h2-8H,9H2,1H3,(H,24,27)/b3-2+. The van der Waals surface area contributed by atoms with Crippen LogP contribution in [0.1, 0.15) is 11.1 Å². The van der Waals surface area contributed by atoms with E-state index in [1.807, 2.05) is 0 Å². The molecule has 10 heteroatoms. The summed E-state index contributed by atoms with van der Waals surface area (Å²) in [6.45, 7) is -0.476. The molecule has 1 amide bonds. The summed E-state index contributed by atoms with van der Waals surface area (Å²) >= 11 is 0. The average molecular weight is 379 g/mol. The Bertz CT molecular complexity index is 1020. The number of carbonyl (C=O) groups is 1. The van der Waals surface area contributed by atoms with Crippen LogP contribution in [0.25, 0.3) is 6.08 Å². The second kappa shape index (κ2) is 7.44. The molecule has 2 aromatic heterocycles. The highest BCUT2D eigenvalue weighted by atomic mass is 19.2. The van der Waals surface area contributed by atoms with Gasteiger partial charge in [0.05, 0.1) is 24.6 Å². The number of anilines is 1. The molecule has 0 aliphatic heterocycles. The molecule has 0 spiro atoms. The summed E-state index contributed by atoms with van der Waals surface area (Å²) in [7, 11) is 1.74. The predicted octanol–water partition coefficient (Wildman–Crippen LogP) is 2.87. The van der Waals surface area contributed by atoms with Crippen LogP contribution in [0.3, 0.4) is 0 Å². The van der Waals surface area contributed by atoms with E-state index in [4.69, 9.17) is 0 Å². The molecule has 0 atom stereocenters. The Hall–Kier alpha value is -3.43. The van der Waals surface area contributed by atoms with Crippen molar-refractivity contribution in [1.82, 2.24) is 19.6 Å². The number of carbonyl (C=O) groups excluding carboxylic acids is 1. The van der Waals surface area contributed by atoms with E-state index >= 15 is 0 Å². The third-order valence-corrected chi connectivity index (χ3v) is 3.58. The minimum Gasteiger partial charge on any atom is -0.320 e. The molecule has 0 fully saturated rings. The second-order valence-corrected chi connectivity index (χ2v) is 5.64. The Morgan fingerprint density at radius 3 is 2.59 bits per heavy atom. The van der Waals surface area contributed by atoms with Crippen molar-refractivity contribution in [3.05, 3.63) is 71.3 Å². The lowest BCUT2D eigenvalue weighted by Gasteiger charge is -2.06. The first-order valence-corrected chi connectivity index (χ1v) is 7.65. The normalized spacial score (nSPS) is 11.3. The molecule has 2 heterocycles. The van der Waals surface area contributed by atoms with Crippen LogP contribution in [0.5, 0.6) is 0 Å². The van der Waals surface area contributed by atoms with E-state index in [0.717, 1.165) is 10.2 Å². The van der Waals surface area contributed by atoms with E-state index in [0.29, 0.717) is 0 Å². The fraction of sp³-hybridized carbons (Fsp3) is 0.118. The zero-order valence-electron chi connectivity index (χ0n) is 14.0. The minimum absolute atomic E-state index is 0.263. The number of aryl methyl sites for hydroxylation is 1. The number of nitrogens with one attached hydrogen (secondary N) is 1. The Labute approximate surface area is 150 Å². The Morgan fingerprint density at radius 2 is 1.89 bits per heavy atom. The van der Waals surface area contributed by atoms with E-state index in [-0.39, 0.29) is 11.8 Å². The molecule has 27 heavy (non-hydrogen) atoms. The van der Waals surface area contributed by atoms with Crippen molar-refractivity contribution in [2.24, 2.45) is 7.05 Å². The molecule has 3 aromatic rings. The van der Waals surface area contributed by atoms with Crippen LogP contribution in [0.2, 0.25) is 0 Å². The molecule has 0 aliphatic rings. The molecular formula is C17H13F4N5O. The van der Waals surface area contributed by atoms with Crippen molar-refractivity contribution in [1.29, 1.82) is 0 Å². The minimum atomic E-state index is -1.76. The van der Waals surface area contributed by atoms with Gasteiger partial charge in [-0.2, -0.15) is 10.2 Å². The van der Waals surface area contributed by atoms with Crippen molar-refractivity contribution in [2.45, 2.75) is 6.54 Å². The van der Waals surface area contributed by atoms with Gasteiger partial charge in [0.15, 0.2) is 17.5 Å². The van der Waals surface area contributed by atoms with Crippen LogP contribution in [-0.4, -0.2) is 25.5 Å². The molecule has 1 aromatic carbocycles. The van der Waals surface area contributed by atoms with E-state index < -0.39 is 41.3 Å². The number of halogens is 4. The molecule has 0 radical (unpaired) electrons. The number of nitrogens with zero attached hydrogens (tertiary/aromatic N) is 4. The third kappa shape index (κ3) is 4.22. The first-order valence-electron chi connectivity index (χ1n) is 7.65. The SMILES string of the molecule is Cn1cc(/C=C/C(=O)Nc2cnn(Cc3c(F)cc(F)c(F)c3F)c2)cn1. The average Bonchev–Trinajstić information content (AvgIpc) is 3.24. The lowest BCUT2D eigenvalue weighted by atomic mass is 10.2. The number of amides is 1. The fourth-order valence-corrected chi connectivity index (χ4v) is 2.31. The number of hydrogen-bond acceptors (Lipinski definition) is 3. The molecule has 140 valence electrons. The van der Waals surface area contributed by atoms with Crippen molar-refractivity contribution in [2.75, 3.05) is 5.32 Å². The Kier molecular flexibility index (Phi) is 5.06. The maximum atomic E-state index is 13.7. The lowest BCUT2D eigenvalue weighted by molar-refractivity contribution is -0.111. The Balaban J connectivity index is 1.68. The maximum Gasteiger partial charge on any atom is 0.248 e. The van der Waals surface area contributed by atoms with Crippen LogP contribution in [0.15, 0.2) is 36.9 Å². The molecular weight excluding hydrogens is 366 g/mol. The van der Waals surface area contributed by atoms with E-state index in [2.05, 4.69) is 15.5 Å². The highest BCUT2D eigenvalue weighted by molar-refractivity contribution is 6.01. The highest BCUT2D eigenvalue weighted by Gasteiger charge is 2.19. The summed E-state index contributed by atoms with van der Waals surface area (Å²) in [6.07, 6.45) is 8.68. The number of benzene rings is 1. The fourth-order valence-electron chi connectivity index (χ4n) is 2.31. The number of rotatable bonds is 5. The summed E-state index contributed by atoms with van der Waals surface area (Å²) in [5, 5.41) is 10.3. The molecule has 3 rings (SSSR count). The molecule has 0 saturated heterocycles. The molecule has 6 nitrogen and oxygen atoms in total. The lowest BCUT2D eigenvalue weighted by Crippen LogP contribution is -2.09. The quantitative estimate of drug-likeness (QED) is 0.321. The monoisotopic (exact) mass is 379 g/mol. The van der Waals surface area contributed by atoms with Gasteiger partial charge in [0.25, 0.3) is 0 Å². The number of hydrogen-bond donors (Lipinski definition) is 1. The largest absolute Gasteiger partial charge is 0.320 e. The first kappa shape index (κ1) is 18.4. The molecule has 0 unspecified atom stereocenters. The zero-order valence-corrected chi connectivity index (χ0v) is 14.0. The van der Waals surface area contributed by atoms with Crippen molar-refractivity contribution in [3.8, 4) is 0 Å². The smallest absolute Gasteiger partial charge is 0.248 e. The van der Waals surface area contributed by atoms with Gasteiger partial charge in [-0.1, -0.05) is 0 Å². The van der Waals surface area contributed by atoms with Gasteiger partial charge >= 0.3 is 0 Å². The molecule has 0 aliphatic carbocycles. The van der Waals surface area contributed by atoms with Crippen LogP contribution in [0, 0.1) is 23.3 Å². The van der Waals surface area contributed by atoms with Crippen LogP contribution >= 0.6 is 0 Å². The van der Waals surface area contributed by atoms with Gasteiger partial charge in [0, 0.05) is 42.7 Å². The van der Waals surface area contributed by atoms with E-state index in [9.17, 15) is 22.4 Å². The second-order valence-electron chi connectivity index (χ2n) is 5.64. The van der Waals surface area contributed by atoms with Crippen molar-refractivity contribution < 1.29 is 22.4 Å². The van der Waals surface area contributed by atoms with E-state index in [1.54, 1.807) is 30.2 Å². The van der Waals surface area contributed by atoms with Gasteiger partial charge in [-0.25, -0.2) is 17.6 Å². The predicted molar refractivity (Wildman–Crippen MR) is 88.5 cm³/mol. The molecule has 1 N–H and O–H groups in total. The van der Waals surface area contributed by atoms with Crippen LogP contribution < -0.4 is 5.32 Å². The van der Waals surface area contributed by atoms with Gasteiger partial charge in [-0.05, 0) is 6.08 Å². The van der Waals surface area contributed by atoms with Gasteiger partial charge in [-0.3, -0.25) is 14.2 Å². The highest BCUT2D eigenvalue weighted by Crippen LogP contribution is 2.20. The van der Waals surface area contributed by atoms with E-state index in [1.165, 1.54) is 18.5 Å². The summed E-state index contributed by atoms with van der Waals surface area (Å²) in [6, 6.07) is 0.267. The van der Waals surface area contributed by atoms with Gasteiger partial charge in [-0.15, -0.1) is 0 Å². The Morgan fingerprint density at radius 1 is 1.11 bits per heavy atom. The zero-order chi connectivity index (χ0) is 19.6. The van der Waals surface area contributed by atoms with Gasteiger partial charge < -0.3 is 5.32 Å². The third-order valence-electron chi connectivity index (χ3n) is 3.58. The number of aromatic nitrogens is 4. The summed E-state index contributed by atoms with van der Waals surface area (Å²) in [4.78, 5) is 11.9. The summed E-state index contributed by atoms with van der Waals surface area (Å²) < 4.78 is 56.3. The molecule has 0 bridgehead atoms. The van der Waals surface area contributed by atoms with Crippen molar-refractivity contribution in [3.63, 3.8) is 0 Å².